The Labute approximate surface area is 159 Å². The van der Waals surface area contributed by atoms with E-state index >= 15 is 0 Å². The normalized spacial score (nSPS) is 13.2. The molecular formula is C18H22Cl2N2O2S. The fraction of sp³-hybridized carbons (Fsp3) is 0.333. The number of hydrogen-bond donors (Lipinski definition) is 1. The van der Waals surface area contributed by atoms with E-state index in [-0.39, 0.29) is 17.5 Å². The molecule has 136 valence electrons. The van der Waals surface area contributed by atoms with Gasteiger partial charge in [-0.15, -0.1) is 0 Å². The summed E-state index contributed by atoms with van der Waals surface area (Å²) in [6, 6.07) is 13.5. The Morgan fingerprint density at radius 3 is 2.16 bits per heavy atom. The van der Waals surface area contributed by atoms with Crippen molar-refractivity contribution in [3.05, 3.63) is 64.1 Å². The Morgan fingerprint density at radius 1 is 1.00 bits per heavy atom. The first-order valence-corrected chi connectivity index (χ1v) is 10.4. The van der Waals surface area contributed by atoms with Crippen LogP contribution >= 0.6 is 23.2 Å². The molecule has 0 aliphatic heterocycles. The lowest BCUT2D eigenvalue weighted by Gasteiger charge is -2.30. The number of benzene rings is 2. The van der Waals surface area contributed by atoms with Crippen molar-refractivity contribution in [1.82, 2.24) is 9.62 Å². The molecular weight excluding hydrogens is 379 g/mol. The molecule has 2 aromatic carbocycles. The van der Waals surface area contributed by atoms with Crippen LogP contribution < -0.4 is 4.72 Å². The van der Waals surface area contributed by atoms with Crippen LogP contribution in [0.3, 0.4) is 0 Å². The molecule has 25 heavy (non-hydrogen) atoms. The maximum atomic E-state index is 12.6. The molecule has 1 N–H and O–H groups in total. The van der Waals surface area contributed by atoms with Gasteiger partial charge >= 0.3 is 0 Å². The topological polar surface area (TPSA) is 49.4 Å². The molecule has 0 aliphatic carbocycles. The van der Waals surface area contributed by atoms with Gasteiger partial charge in [0.2, 0.25) is 10.0 Å². The number of nitrogens with one attached hydrogen (secondary N) is 1. The highest BCUT2D eigenvalue weighted by Crippen LogP contribution is 2.27. The van der Waals surface area contributed by atoms with Crippen LogP contribution in [-0.4, -0.2) is 33.0 Å². The molecule has 0 aliphatic rings. The van der Waals surface area contributed by atoms with Crippen molar-refractivity contribution in [3.8, 4) is 0 Å². The smallest absolute Gasteiger partial charge is 0.240 e. The maximum absolute atomic E-state index is 12.6. The van der Waals surface area contributed by atoms with Crippen LogP contribution in [0.2, 0.25) is 10.0 Å². The molecule has 0 spiro atoms. The second-order valence-electron chi connectivity index (χ2n) is 5.56. The van der Waals surface area contributed by atoms with E-state index < -0.39 is 10.0 Å². The summed E-state index contributed by atoms with van der Waals surface area (Å²) in [6.07, 6.45) is 0. The molecule has 2 aromatic rings. The Hall–Kier alpha value is -1.11. The summed E-state index contributed by atoms with van der Waals surface area (Å²) >= 11 is 12.2. The van der Waals surface area contributed by atoms with E-state index in [0.717, 1.165) is 18.7 Å². The summed E-state index contributed by atoms with van der Waals surface area (Å²) in [6.45, 7) is 5.89. The number of sulfonamides is 1. The lowest BCUT2D eigenvalue weighted by Crippen LogP contribution is -2.38. The van der Waals surface area contributed by atoms with Crippen molar-refractivity contribution in [3.63, 3.8) is 0 Å². The van der Waals surface area contributed by atoms with E-state index in [9.17, 15) is 8.42 Å². The van der Waals surface area contributed by atoms with Crippen LogP contribution in [0.1, 0.15) is 25.5 Å². The standard InChI is InChI=1S/C18H22Cl2N2O2S/c1-3-22(4-2)18(16-7-5-6-8-17(16)20)13-21-25(23,24)15-11-9-14(19)10-12-15/h5-12,18,21H,3-4,13H2,1-2H3. The van der Waals surface area contributed by atoms with Gasteiger partial charge in [-0.1, -0.05) is 55.2 Å². The SMILES string of the molecule is CCN(CC)C(CNS(=O)(=O)c1ccc(Cl)cc1)c1ccccc1Cl. The average molecular weight is 401 g/mol. The van der Waals surface area contributed by atoms with Gasteiger partial charge in [-0.25, -0.2) is 13.1 Å². The molecule has 0 aromatic heterocycles. The summed E-state index contributed by atoms with van der Waals surface area (Å²) in [5, 5.41) is 1.13. The van der Waals surface area contributed by atoms with Crippen LogP contribution in [0.4, 0.5) is 0 Å². The lowest BCUT2D eigenvalue weighted by molar-refractivity contribution is 0.220. The number of likely N-dealkylation sites (N-methyl/N-ethyl adjacent to an activating group) is 1. The molecule has 0 amide bonds. The molecule has 0 saturated carbocycles. The van der Waals surface area contributed by atoms with Crippen LogP contribution in [0, 0.1) is 0 Å². The first kappa shape index (κ1) is 20.2. The van der Waals surface area contributed by atoms with E-state index in [1.807, 2.05) is 38.1 Å². The van der Waals surface area contributed by atoms with Gasteiger partial charge in [-0.3, -0.25) is 4.90 Å². The first-order chi connectivity index (χ1) is 11.9. The highest BCUT2D eigenvalue weighted by atomic mass is 35.5. The minimum atomic E-state index is -3.62. The zero-order valence-electron chi connectivity index (χ0n) is 14.2. The summed E-state index contributed by atoms with van der Waals surface area (Å²) < 4.78 is 27.8. The molecule has 4 nitrogen and oxygen atoms in total. The summed E-state index contributed by atoms with van der Waals surface area (Å²) in [5.74, 6) is 0. The van der Waals surface area contributed by atoms with E-state index in [1.165, 1.54) is 12.1 Å². The van der Waals surface area contributed by atoms with E-state index in [2.05, 4.69) is 9.62 Å². The second-order valence-corrected chi connectivity index (χ2v) is 8.17. The number of rotatable bonds is 8. The third-order valence-corrected chi connectivity index (χ3v) is 6.14. The van der Waals surface area contributed by atoms with E-state index in [0.29, 0.717) is 10.0 Å². The van der Waals surface area contributed by atoms with E-state index in [4.69, 9.17) is 23.2 Å². The molecule has 0 radical (unpaired) electrons. The van der Waals surface area contributed by atoms with Crippen molar-refractivity contribution in [1.29, 1.82) is 0 Å². The zero-order chi connectivity index (χ0) is 18.4. The van der Waals surface area contributed by atoms with Gasteiger partial charge in [0.05, 0.1) is 4.90 Å². The van der Waals surface area contributed by atoms with Crippen molar-refractivity contribution in [2.24, 2.45) is 0 Å². The lowest BCUT2D eigenvalue weighted by atomic mass is 10.1. The highest BCUT2D eigenvalue weighted by Gasteiger charge is 2.23. The minimum Gasteiger partial charge on any atom is -0.296 e. The molecule has 0 fully saturated rings. The second kappa shape index (κ2) is 9.01. The quantitative estimate of drug-likeness (QED) is 0.715. The Morgan fingerprint density at radius 2 is 1.60 bits per heavy atom. The summed E-state index contributed by atoms with van der Waals surface area (Å²) in [5.41, 5.74) is 0.909. The first-order valence-electron chi connectivity index (χ1n) is 8.12. The predicted octanol–water partition coefficient (Wildman–Crippen LogP) is 4.35. The fourth-order valence-electron chi connectivity index (χ4n) is 2.73. The third kappa shape index (κ3) is 5.19. The van der Waals surface area contributed by atoms with E-state index in [1.54, 1.807) is 12.1 Å². The molecule has 0 heterocycles. The largest absolute Gasteiger partial charge is 0.296 e. The van der Waals surface area contributed by atoms with Gasteiger partial charge < -0.3 is 0 Å². The van der Waals surface area contributed by atoms with Crippen LogP contribution in [-0.2, 0) is 10.0 Å². The minimum absolute atomic E-state index is 0.147. The number of nitrogens with zero attached hydrogens (tertiary/aromatic N) is 1. The molecule has 1 atom stereocenters. The van der Waals surface area contributed by atoms with Gasteiger partial charge in [-0.2, -0.15) is 0 Å². The molecule has 2 rings (SSSR count). The highest BCUT2D eigenvalue weighted by molar-refractivity contribution is 7.89. The molecule has 0 saturated heterocycles. The predicted molar refractivity (Wildman–Crippen MR) is 104 cm³/mol. The monoisotopic (exact) mass is 400 g/mol. The number of hydrogen-bond acceptors (Lipinski definition) is 3. The van der Waals surface area contributed by atoms with Gasteiger partial charge in [-0.05, 0) is 49.0 Å². The van der Waals surface area contributed by atoms with Crippen LogP contribution in [0.15, 0.2) is 53.4 Å². The third-order valence-electron chi connectivity index (χ3n) is 4.11. The zero-order valence-corrected chi connectivity index (χ0v) is 16.6. The van der Waals surface area contributed by atoms with Crippen molar-refractivity contribution in [2.45, 2.75) is 24.8 Å². The molecule has 0 bridgehead atoms. The molecule has 1 unspecified atom stereocenters. The van der Waals surface area contributed by atoms with Crippen molar-refractivity contribution in [2.75, 3.05) is 19.6 Å². The van der Waals surface area contributed by atoms with Gasteiger partial charge in [0, 0.05) is 22.6 Å². The van der Waals surface area contributed by atoms with Crippen molar-refractivity contribution < 1.29 is 8.42 Å². The van der Waals surface area contributed by atoms with Crippen molar-refractivity contribution >= 4 is 33.2 Å². The Kier molecular flexibility index (Phi) is 7.28. The summed E-state index contributed by atoms with van der Waals surface area (Å²) in [7, 11) is -3.62. The maximum Gasteiger partial charge on any atom is 0.240 e. The molecule has 7 heteroatoms. The Bertz CT molecular complexity index is 791. The average Bonchev–Trinajstić information content (AvgIpc) is 2.60. The van der Waals surface area contributed by atoms with Gasteiger partial charge in [0.25, 0.3) is 0 Å². The Balaban J connectivity index is 2.25. The summed E-state index contributed by atoms with van der Waals surface area (Å²) in [4.78, 5) is 2.36. The van der Waals surface area contributed by atoms with Gasteiger partial charge in [0.1, 0.15) is 0 Å². The number of halogens is 2. The van der Waals surface area contributed by atoms with Crippen LogP contribution in [0.5, 0.6) is 0 Å². The fourth-order valence-corrected chi connectivity index (χ4v) is 4.16. The van der Waals surface area contributed by atoms with Gasteiger partial charge in [0.15, 0.2) is 0 Å². The van der Waals surface area contributed by atoms with Crippen LogP contribution in [0.25, 0.3) is 0 Å².